The zero-order valence-electron chi connectivity index (χ0n) is 9.89. The molecule has 1 aliphatic rings. The number of anilines is 1. The molecule has 1 fully saturated rings. The molecule has 0 spiro atoms. The van der Waals surface area contributed by atoms with Gasteiger partial charge in [-0.15, -0.1) is 0 Å². The van der Waals surface area contributed by atoms with Gasteiger partial charge in [-0.2, -0.15) is 0 Å². The number of halogens is 1. The highest BCUT2D eigenvalue weighted by atomic mass is 35.5. The number of sulfone groups is 1. The third-order valence-electron chi connectivity index (χ3n) is 2.77. The quantitative estimate of drug-likeness (QED) is 0.409. The monoisotopic (exact) mass is 304 g/mol. The van der Waals surface area contributed by atoms with Crippen molar-refractivity contribution in [1.29, 1.82) is 0 Å². The number of nitrogens with one attached hydrogen (secondary N) is 2. The van der Waals surface area contributed by atoms with Gasteiger partial charge in [0, 0.05) is 11.6 Å². The molecule has 0 aliphatic carbocycles. The predicted molar refractivity (Wildman–Crippen MR) is 71.6 cm³/mol. The van der Waals surface area contributed by atoms with E-state index in [4.69, 9.17) is 17.4 Å². The van der Waals surface area contributed by atoms with Crippen LogP contribution in [0.2, 0.25) is 5.15 Å². The molecule has 2 rings (SSSR count). The van der Waals surface area contributed by atoms with Gasteiger partial charge in [-0.05, 0) is 18.6 Å². The van der Waals surface area contributed by atoms with Crippen LogP contribution in [0.15, 0.2) is 12.1 Å². The smallest absolute Gasteiger partial charge is 0.251 e. The Hall–Kier alpha value is -1.38. The normalized spacial score (nSPS) is 21.1. The van der Waals surface area contributed by atoms with Gasteiger partial charge in [0.15, 0.2) is 9.84 Å². The van der Waals surface area contributed by atoms with Gasteiger partial charge in [0.2, 0.25) is 0 Å². The molecule has 7 nitrogen and oxygen atoms in total. The van der Waals surface area contributed by atoms with Gasteiger partial charge in [0.05, 0.1) is 11.5 Å². The fourth-order valence-corrected chi connectivity index (χ4v) is 3.76. The Balaban J connectivity index is 2.10. The molecule has 0 saturated carbocycles. The molecule has 1 unspecified atom stereocenters. The number of nitrogens with zero attached hydrogens (tertiary/aromatic N) is 1. The molecule has 1 saturated heterocycles. The highest BCUT2D eigenvalue weighted by molar-refractivity contribution is 7.91. The number of rotatable bonds is 3. The van der Waals surface area contributed by atoms with Gasteiger partial charge >= 0.3 is 0 Å². The minimum Gasteiger partial charge on any atom is -0.348 e. The van der Waals surface area contributed by atoms with Crippen LogP contribution in [0.1, 0.15) is 16.8 Å². The summed E-state index contributed by atoms with van der Waals surface area (Å²) in [6.45, 7) is 0. The second-order valence-electron chi connectivity index (χ2n) is 4.28. The molecular formula is C10H13ClN4O3S. The number of hydrogen-bond donors (Lipinski definition) is 3. The van der Waals surface area contributed by atoms with E-state index >= 15 is 0 Å². The molecule has 19 heavy (non-hydrogen) atoms. The van der Waals surface area contributed by atoms with E-state index in [2.05, 4.69) is 15.7 Å². The Morgan fingerprint density at radius 1 is 1.47 bits per heavy atom. The van der Waals surface area contributed by atoms with Crippen molar-refractivity contribution < 1.29 is 13.2 Å². The first kappa shape index (κ1) is 14.0. The van der Waals surface area contributed by atoms with Crippen LogP contribution in [0.5, 0.6) is 0 Å². The first-order chi connectivity index (χ1) is 8.89. The predicted octanol–water partition coefficient (Wildman–Crippen LogP) is -0.0625. The minimum absolute atomic E-state index is 0.0282. The number of amides is 1. The van der Waals surface area contributed by atoms with Crippen molar-refractivity contribution in [2.75, 3.05) is 16.9 Å². The molecule has 2 heterocycles. The molecule has 9 heteroatoms. The van der Waals surface area contributed by atoms with E-state index in [1.54, 1.807) is 0 Å². The highest BCUT2D eigenvalue weighted by Crippen LogP contribution is 2.16. The Bertz CT molecular complexity index is 605. The zero-order valence-corrected chi connectivity index (χ0v) is 11.5. The van der Waals surface area contributed by atoms with Gasteiger partial charge in [0.25, 0.3) is 5.91 Å². The lowest BCUT2D eigenvalue weighted by molar-refractivity contribution is 0.0941. The van der Waals surface area contributed by atoms with Crippen LogP contribution < -0.4 is 16.6 Å². The van der Waals surface area contributed by atoms with E-state index in [9.17, 15) is 13.2 Å². The van der Waals surface area contributed by atoms with Gasteiger partial charge < -0.3 is 10.7 Å². The van der Waals surface area contributed by atoms with Crippen molar-refractivity contribution in [3.63, 3.8) is 0 Å². The Kier molecular flexibility index (Phi) is 3.93. The van der Waals surface area contributed by atoms with Crippen LogP contribution in [-0.2, 0) is 9.84 Å². The summed E-state index contributed by atoms with van der Waals surface area (Å²) in [5.41, 5.74) is 2.57. The maximum absolute atomic E-state index is 12.0. The summed E-state index contributed by atoms with van der Waals surface area (Å²) in [5, 5.41) is 2.78. The minimum atomic E-state index is -3.03. The number of pyridine rings is 1. The van der Waals surface area contributed by atoms with E-state index in [-0.39, 0.29) is 34.1 Å². The summed E-state index contributed by atoms with van der Waals surface area (Å²) in [6.07, 6.45) is 0.425. The zero-order chi connectivity index (χ0) is 14.0. The molecule has 1 atom stereocenters. The van der Waals surface area contributed by atoms with E-state index in [1.807, 2.05) is 0 Å². The van der Waals surface area contributed by atoms with Crippen LogP contribution in [0.25, 0.3) is 0 Å². The van der Waals surface area contributed by atoms with Crippen molar-refractivity contribution in [3.05, 3.63) is 22.8 Å². The maximum Gasteiger partial charge on any atom is 0.251 e. The van der Waals surface area contributed by atoms with E-state index in [0.29, 0.717) is 6.42 Å². The van der Waals surface area contributed by atoms with Gasteiger partial charge in [-0.3, -0.25) is 4.79 Å². The number of nitrogen functional groups attached to an aromatic ring is 1. The van der Waals surface area contributed by atoms with E-state index < -0.39 is 15.7 Å². The average molecular weight is 305 g/mol. The molecule has 1 aromatic heterocycles. The lowest BCUT2D eigenvalue weighted by Gasteiger charge is -2.11. The van der Waals surface area contributed by atoms with Crippen molar-refractivity contribution in [1.82, 2.24) is 10.3 Å². The SMILES string of the molecule is NNc1cc(C(=O)NC2CCS(=O)(=O)C2)cc(Cl)n1. The van der Waals surface area contributed by atoms with Crippen LogP contribution in [0.3, 0.4) is 0 Å². The van der Waals surface area contributed by atoms with Crippen LogP contribution in [0, 0.1) is 0 Å². The lowest BCUT2D eigenvalue weighted by Crippen LogP contribution is -2.35. The number of hydrogen-bond acceptors (Lipinski definition) is 6. The molecule has 0 bridgehead atoms. The molecule has 1 aliphatic heterocycles. The fraction of sp³-hybridized carbons (Fsp3) is 0.400. The first-order valence-electron chi connectivity index (χ1n) is 5.55. The number of carbonyl (C=O) groups excluding carboxylic acids is 1. The number of nitrogens with two attached hydrogens (primary N) is 1. The fourth-order valence-electron chi connectivity index (χ4n) is 1.88. The summed E-state index contributed by atoms with van der Waals surface area (Å²) in [4.78, 5) is 15.8. The molecular weight excluding hydrogens is 292 g/mol. The topological polar surface area (TPSA) is 114 Å². The molecule has 104 valence electrons. The standard InChI is InChI=1S/C10H13ClN4O3S/c11-8-3-6(4-9(14-8)15-12)10(16)13-7-1-2-19(17,18)5-7/h3-4,7H,1-2,5,12H2,(H,13,16)(H,14,15). The Morgan fingerprint density at radius 2 is 2.21 bits per heavy atom. The van der Waals surface area contributed by atoms with Crippen LogP contribution >= 0.6 is 11.6 Å². The van der Waals surface area contributed by atoms with Crippen molar-refractivity contribution in [3.8, 4) is 0 Å². The van der Waals surface area contributed by atoms with Gasteiger partial charge in [0.1, 0.15) is 11.0 Å². The first-order valence-corrected chi connectivity index (χ1v) is 7.75. The number of hydrazine groups is 1. The van der Waals surface area contributed by atoms with E-state index in [0.717, 1.165) is 0 Å². The highest BCUT2D eigenvalue weighted by Gasteiger charge is 2.29. The summed E-state index contributed by atoms with van der Waals surface area (Å²) in [7, 11) is -3.03. The van der Waals surface area contributed by atoms with Crippen LogP contribution in [-0.4, -0.2) is 36.9 Å². The van der Waals surface area contributed by atoms with E-state index in [1.165, 1.54) is 12.1 Å². The van der Waals surface area contributed by atoms with Crippen molar-refractivity contribution in [2.45, 2.75) is 12.5 Å². The van der Waals surface area contributed by atoms with Gasteiger partial charge in [-0.25, -0.2) is 19.2 Å². The molecule has 4 N–H and O–H groups in total. The third kappa shape index (κ3) is 3.55. The molecule has 0 radical (unpaired) electrons. The summed E-state index contributed by atoms with van der Waals surface area (Å²) in [5.74, 6) is 5.14. The summed E-state index contributed by atoms with van der Waals surface area (Å²) < 4.78 is 22.6. The third-order valence-corrected chi connectivity index (χ3v) is 4.73. The second-order valence-corrected chi connectivity index (χ2v) is 6.90. The number of aromatic nitrogens is 1. The maximum atomic E-state index is 12.0. The van der Waals surface area contributed by atoms with Crippen LogP contribution in [0.4, 0.5) is 5.82 Å². The summed E-state index contributed by atoms with van der Waals surface area (Å²) in [6, 6.07) is 2.46. The summed E-state index contributed by atoms with van der Waals surface area (Å²) >= 11 is 5.75. The van der Waals surface area contributed by atoms with Gasteiger partial charge in [-0.1, -0.05) is 11.6 Å². The second kappa shape index (κ2) is 5.32. The molecule has 0 aromatic carbocycles. The Morgan fingerprint density at radius 3 is 2.79 bits per heavy atom. The van der Waals surface area contributed by atoms with Crippen molar-refractivity contribution in [2.24, 2.45) is 5.84 Å². The largest absolute Gasteiger partial charge is 0.348 e. The molecule has 1 aromatic rings. The molecule has 1 amide bonds. The number of carbonyl (C=O) groups is 1. The Labute approximate surface area is 115 Å². The lowest BCUT2D eigenvalue weighted by atomic mass is 10.2. The van der Waals surface area contributed by atoms with Crippen molar-refractivity contribution >= 4 is 33.2 Å². The average Bonchev–Trinajstić information content (AvgIpc) is 2.67.